The SMILES string of the molecule is Cc1ccc(C)c(N2N=C(C(=O)NCCc3ccccc3)CCC2=O)c1. The number of rotatable bonds is 5. The molecule has 0 radical (unpaired) electrons. The Bertz CT molecular complexity index is 844. The van der Waals surface area contributed by atoms with Gasteiger partial charge in [-0.05, 0) is 43.0 Å². The molecule has 2 aromatic carbocycles. The molecule has 2 amide bonds. The van der Waals surface area contributed by atoms with E-state index in [-0.39, 0.29) is 11.8 Å². The first-order chi connectivity index (χ1) is 12.5. The molecule has 0 bridgehead atoms. The average Bonchev–Trinajstić information content (AvgIpc) is 2.65. The highest BCUT2D eigenvalue weighted by Gasteiger charge is 2.26. The molecule has 0 fully saturated rings. The van der Waals surface area contributed by atoms with Gasteiger partial charge in [0.1, 0.15) is 5.71 Å². The Morgan fingerprint density at radius 2 is 1.88 bits per heavy atom. The van der Waals surface area contributed by atoms with E-state index >= 15 is 0 Å². The Hall–Kier alpha value is -2.95. The van der Waals surface area contributed by atoms with Gasteiger partial charge in [-0.3, -0.25) is 9.59 Å². The number of carbonyl (C=O) groups excluding carboxylic acids is 2. The quantitative estimate of drug-likeness (QED) is 0.901. The molecule has 26 heavy (non-hydrogen) atoms. The van der Waals surface area contributed by atoms with E-state index < -0.39 is 0 Å². The smallest absolute Gasteiger partial charge is 0.267 e. The van der Waals surface area contributed by atoms with Crippen LogP contribution in [0.25, 0.3) is 0 Å². The summed E-state index contributed by atoms with van der Waals surface area (Å²) in [5, 5.41) is 8.63. The second kappa shape index (κ2) is 7.95. The van der Waals surface area contributed by atoms with Gasteiger partial charge in [0.15, 0.2) is 0 Å². The molecule has 5 nitrogen and oxygen atoms in total. The Morgan fingerprint density at radius 1 is 1.12 bits per heavy atom. The van der Waals surface area contributed by atoms with E-state index in [1.54, 1.807) is 0 Å². The van der Waals surface area contributed by atoms with Crippen LogP contribution in [0, 0.1) is 13.8 Å². The number of amides is 2. The summed E-state index contributed by atoms with van der Waals surface area (Å²) in [5.41, 5.74) is 4.32. The summed E-state index contributed by atoms with van der Waals surface area (Å²) in [6.45, 7) is 4.45. The maximum Gasteiger partial charge on any atom is 0.267 e. The highest BCUT2D eigenvalue weighted by atomic mass is 16.2. The van der Waals surface area contributed by atoms with Crippen LogP contribution in [0.5, 0.6) is 0 Å². The van der Waals surface area contributed by atoms with E-state index in [9.17, 15) is 9.59 Å². The van der Waals surface area contributed by atoms with Crippen molar-refractivity contribution in [1.29, 1.82) is 0 Å². The van der Waals surface area contributed by atoms with E-state index in [4.69, 9.17) is 0 Å². The van der Waals surface area contributed by atoms with Gasteiger partial charge in [0, 0.05) is 19.4 Å². The molecule has 0 atom stereocenters. The number of nitrogens with one attached hydrogen (secondary N) is 1. The third-order valence-electron chi connectivity index (χ3n) is 4.43. The molecule has 0 aromatic heterocycles. The summed E-state index contributed by atoms with van der Waals surface area (Å²) >= 11 is 0. The Balaban J connectivity index is 1.69. The minimum absolute atomic E-state index is 0.0838. The molecule has 5 heteroatoms. The van der Waals surface area contributed by atoms with Crippen LogP contribution in [0.3, 0.4) is 0 Å². The van der Waals surface area contributed by atoms with Crippen LogP contribution in [-0.4, -0.2) is 24.1 Å². The molecule has 0 saturated heterocycles. The van der Waals surface area contributed by atoms with E-state index in [0.29, 0.717) is 25.1 Å². The molecule has 2 aromatic rings. The fourth-order valence-corrected chi connectivity index (χ4v) is 2.92. The van der Waals surface area contributed by atoms with Crippen LogP contribution in [0.2, 0.25) is 0 Å². The van der Waals surface area contributed by atoms with Gasteiger partial charge in [0.25, 0.3) is 5.91 Å². The maximum absolute atomic E-state index is 12.4. The predicted octanol–water partition coefficient (Wildman–Crippen LogP) is 3.15. The first kappa shape index (κ1) is 17.9. The van der Waals surface area contributed by atoms with Crippen molar-refractivity contribution in [1.82, 2.24) is 5.32 Å². The zero-order chi connectivity index (χ0) is 18.5. The fraction of sp³-hybridized carbons (Fsp3) is 0.286. The number of anilines is 1. The van der Waals surface area contributed by atoms with Crippen molar-refractivity contribution in [2.24, 2.45) is 5.10 Å². The fourth-order valence-electron chi connectivity index (χ4n) is 2.92. The summed E-state index contributed by atoms with van der Waals surface area (Å²) in [4.78, 5) is 24.8. The maximum atomic E-state index is 12.4. The molecule has 1 heterocycles. The topological polar surface area (TPSA) is 61.8 Å². The molecule has 0 unspecified atom stereocenters. The lowest BCUT2D eigenvalue weighted by Crippen LogP contribution is -2.39. The molecule has 1 aliphatic rings. The highest BCUT2D eigenvalue weighted by Crippen LogP contribution is 2.25. The van der Waals surface area contributed by atoms with Crippen molar-refractivity contribution < 1.29 is 9.59 Å². The minimum atomic E-state index is -0.205. The highest BCUT2D eigenvalue weighted by molar-refractivity contribution is 6.40. The first-order valence-electron chi connectivity index (χ1n) is 8.84. The molecule has 1 N–H and O–H groups in total. The van der Waals surface area contributed by atoms with Crippen LogP contribution < -0.4 is 10.3 Å². The number of carbonyl (C=O) groups is 2. The first-order valence-corrected chi connectivity index (χ1v) is 8.84. The second-order valence-electron chi connectivity index (χ2n) is 6.53. The molecule has 3 rings (SSSR count). The van der Waals surface area contributed by atoms with Crippen LogP contribution in [0.1, 0.15) is 29.5 Å². The summed E-state index contributed by atoms with van der Waals surface area (Å²) < 4.78 is 0. The number of aryl methyl sites for hydroxylation is 2. The molecule has 0 spiro atoms. The molecular formula is C21H23N3O2. The van der Waals surface area contributed by atoms with Gasteiger partial charge < -0.3 is 5.32 Å². The van der Waals surface area contributed by atoms with Gasteiger partial charge in [0.2, 0.25) is 5.91 Å². The van der Waals surface area contributed by atoms with Gasteiger partial charge in [0.05, 0.1) is 5.69 Å². The normalized spacial score (nSPS) is 14.2. The van der Waals surface area contributed by atoms with Crippen molar-refractivity contribution in [2.45, 2.75) is 33.1 Å². The summed E-state index contributed by atoms with van der Waals surface area (Å²) in [7, 11) is 0. The standard InChI is InChI=1S/C21H23N3O2/c1-15-8-9-16(2)19(14-15)24-20(25)11-10-18(23-24)21(26)22-13-12-17-6-4-3-5-7-17/h3-9,14H,10-13H2,1-2H3,(H,22,26). The third kappa shape index (κ3) is 4.17. The number of benzene rings is 2. The lowest BCUT2D eigenvalue weighted by Gasteiger charge is -2.24. The van der Waals surface area contributed by atoms with E-state index in [0.717, 1.165) is 23.2 Å². The van der Waals surface area contributed by atoms with Crippen LogP contribution >= 0.6 is 0 Å². The minimum Gasteiger partial charge on any atom is -0.351 e. The number of nitrogens with zero attached hydrogens (tertiary/aromatic N) is 2. The summed E-state index contributed by atoms with van der Waals surface area (Å²) in [5.74, 6) is -0.289. The molecule has 1 aliphatic heterocycles. The van der Waals surface area contributed by atoms with Crippen molar-refractivity contribution in [3.8, 4) is 0 Å². The average molecular weight is 349 g/mol. The lowest BCUT2D eigenvalue weighted by molar-refractivity contribution is -0.118. The van der Waals surface area contributed by atoms with Gasteiger partial charge in [-0.15, -0.1) is 0 Å². The second-order valence-corrected chi connectivity index (χ2v) is 6.53. The Kier molecular flexibility index (Phi) is 5.46. The van der Waals surface area contributed by atoms with Crippen molar-refractivity contribution in [3.05, 3.63) is 65.2 Å². The molecule has 0 aliphatic carbocycles. The number of hydrazone groups is 1. The van der Waals surface area contributed by atoms with Crippen molar-refractivity contribution in [2.75, 3.05) is 11.6 Å². The summed E-state index contributed by atoms with van der Waals surface area (Å²) in [6, 6.07) is 15.9. The van der Waals surface area contributed by atoms with Crippen molar-refractivity contribution >= 4 is 23.2 Å². The van der Waals surface area contributed by atoms with Gasteiger partial charge in [-0.25, -0.2) is 5.01 Å². The number of hydrogen-bond donors (Lipinski definition) is 1. The predicted molar refractivity (Wildman–Crippen MR) is 103 cm³/mol. The van der Waals surface area contributed by atoms with Gasteiger partial charge in [-0.1, -0.05) is 42.5 Å². The lowest BCUT2D eigenvalue weighted by atomic mass is 10.1. The Morgan fingerprint density at radius 3 is 2.65 bits per heavy atom. The van der Waals surface area contributed by atoms with E-state index in [2.05, 4.69) is 10.4 Å². The monoisotopic (exact) mass is 349 g/mol. The van der Waals surface area contributed by atoms with Gasteiger partial charge >= 0.3 is 0 Å². The van der Waals surface area contributed by atoms with Gasteiger partial charge in [-0.2, -0.15) is 5.10 Å². The molecular weight excluding hydrogens is 326 g/mol. The number of hydrogen-bond acceptors (Lipinski definition) is 3. The third-order valence-corrected chi connectivity index (χ3v) is 4.43. The summed E-state index contributed by atoms with van der Waals surface area (Å²) in [6.07, 6.45) is 1.43. The largest absolute Gasteiger partial charge is 0.351 e. The Labute approximate surface area is 153 Å². The zero-order valence-electron chi connectivity index (χ0n) is 15.2. The van der Waals surface area contributed by atoms with E-state index in [1.807, 2.05) is 62.4 Å². The van der Waals surface area contributed by atoms with Crippen LogP contribution in [0.15, 0.2) is 53.6 Å². The van der Waals surface area contributed by atoms with Crippen molar-refractivity contribution in [3.63, 3.8) is 0 Å². The molecule has 134 valence electrons. The zero-order valence-corrected chi connectivity index (χ0v) is 15.2. The molecule has 0 saturated carbocycles. The van der Waals surface area contributed by atoms with Crippen LogP contribution in [0.4, 0.5) is 5.69 Å². The van der Waals surface area contributed by atoms with Crippen LogP contribution in [-0.2, 0) is 16.0 Å². The van der Waals surface area contributed by atoms with E-state index in [1.165, 1.54) is 10.6 Å².